The van der Waals surface area contributed by atoms with Crippen LogP contribution in [0.15, 0.2) is 36.9 Å². The van der Waals surface area contributed by atoms with Crippen molar-refractivity contribution >= 4 is 11.6 Å². The first kappa shape index (κ1) is 20.7. The highest BCUT2D eigenvalue weighted by atomic mass is 16.5. The molecular weight excluding hydrogens is 336 g/mol. The molecule has 0 saturated heterocycles. The summed E-state index contributed by atoms with van der Waals surface area (Å²) in [5.41, 5.74) is 5.08. The quantitative estimate of drug-likeness (QED) is 0.634. The summed E-state index contributed by atoms with van der Waals surface area (Å²) >= 11 is 0. The number of rotatable bonds is 7. The summed E-state index contributed by atoms with van der Waals surface area (Å²) < 4.78 is 5.74. The largest absolute Gasteiger partial charge is 0.489 e. The summed E-state index contributed by atoms with van der Waals surface area (Å²) in [5, 5.41) is 3.15. The van der Waals surface area contributed by atoms with E-state index in [-0.39, 0.29) is 5.91 Å². The van der Waals surface area contributed by atoms with Gasteiger partial charge in [0.25, 0.3) is 5.91 Å². The second kappa shape index (κ2) is 8.85. The predicted molar refractivity (Wildman–Crippen MR) is 112 cm³/mol. The van der Waals surface area contributed by atoms with Crippen LogP contribution in [-0.4, -0.2) is 17.5 Å². The molecule has 0 unspecified atom stereocenters. The van der Waals surface area contributed by atoms with Crippen LogP contribution in [0, 0.1) is 13.8 Å². The molecule has 4 nitrogen and oxygen atoms in total. The molecule has 1 aromatic heterocycles. The number of carbonyl (C=O) groups is 1. The highest BCUT2D eigenvalue weighted by molar-refractivity contribution is 6.07. The number of nitrogens with one attached hydrogen (secondary N) is 1. The number of aromatic nitrogens is 1. The lowest BCUT2D eigenvalue weighted by Gasteiger charge is -2.21. The monoisotopic (exact) mass is 366 g/mol. The van der Waals surface area contributed by atoms with Crippen LogP contribution in [0.4, 0.5) is 5.69 Å². The first-order valence-corrected chi connectivity index (χ1v) is 9.42. The molecule has 0 radical (unpaired) electrons. The first-order valence-electron chi connectivity index (χ1n) is 9.42. The van der Waals surface area contributed by atoms with E-state index in [1.165, 1.54) is 0 Å². The second-order valence-corrected chi connectivity index (χ2v) is 7.40. The van der Waals surface area contributed by atoms with Crippen molar-refractivity contribution in [1.29, 1.82) is 0 Å². The number of aryl methyl sites for hydroxylation is 2. The van der Waals surface area contributed by atoms with Crippen LogP contribution in [-0.2, 0) is 0 Å². The third kappa shape index (κ3) is 4.76. The van der Waals surface area contributed by atoms with E-state index in [4.69, 9.17) is 4.74 Å². The molecule has 0 saturated carbocycles. The molecule has 2 rings (SSSR count). The lowest BCUT2D eigenvalue weighted by molar-refractivity contribution is 0.102. The maximum Gasteiger partial charge on any atom is 0.261 e. The van der Waals surface area contributed by atoms with Gasteiger partial charge in [-0.05, 0) is 36.8 Å². The number of anilines is 1. The molecule has 27 heavy (non-hydrogen) atoms. The van der Waals surface area contributed by atoms with E-state index in [2.05, 4.69) is 62.8 Å². The van der Waals surface area contributed by atoms with E-state index in [9.17, 15) is 4.79 Å². The number of hydrogen-bond acceptors (Lipinski definition) is 3. The van der Waals surface area contributed by atoms with Gasteiger partial charge in [-0.3, -0.25) is 9.78 Å². The van der Waals surface area contributed by atoms with Crippen molar-refractivity contribution in [3.63, 3.8) is 0 Å². The van der Waals surface area contributed by atoms with E-state index in [0.29, 0.717) is 35.4 Å². The molecule has 1 N–H and O–H groups in total. The highest BCUT2D eigenvalue weighted by Crippen LogP contribution is 2.33. The average Bonchev–Trinajstić information content (AvgIpc) is 2.58. The van der Waals surface area contributed by atoms with Gasteiger partial charge in [-0.15, -0.1) is 0 Å². The van der Waals surface area contributed by atoms with Gasteiger partial charge in [0.2, 0.25) is 0 Å². The van der Waals surface area contributed by atoms with E-state index >= 15 is 0 Å². The van der Waals surface area contributed by atoms with Crippen LogP contribution in [0.3, 0.4) is 0 Å². The fourth-order valence-electron chi connectivity index (χ4n) is 3.20. The van der Waals surface area contributed by atoms with Crippen molar-refractivity contribution in [2.45, 2.75) is 53.4 Å². The topological polar surface area (TPSA) is 51.2 Å². The van der Waals surface area contributed by atoms with Gasteiger partial charge in [0.05, 0.1) is 5.69 Å². The molecule has 0 aliphatic carbocycles. The van der Waals surface area contributed by atoms with Gasteiger partial charge < -0.3 is 10.1 Å². The Balaban J connectivity index is 2.51. The summed E-state index contributed by atoms with van der Waals surface area (Å²) in [4.78, 5) is 17.7. The fraction of sp³-hybridized carbons (Fsp3) is 0.391. The fourth-order valence-corrected chi connectivity index (χ4v) is 3.20. The number of benzene rings is 1. The van der Waals surface area contributed by atoms with Gasteiger partial charge in [0.15, 0.2) is 0 Å². The average molecular weight is 367 g/mol. The van der Waals surface area contributed by atoms with Crippen molar-refractivity contribution in [1.82, 2.24) is 4.98 Å². The van der Waals surface area contributed by atoms with E-state index < -0.39 is 0 Å². The number of ether oxygens (including phenoxy) is 1. The molecule has 0 aliphatic heterocycles. The Hall–Kier alpha value is -2.62. The van der Waals surface area contributed by atoms with Crippen molar-refractivity contribution < 1.29 is 9.53 Å². The zero-order chi connectivity index (χ0) is 20.1. The van der Waals surface area contributed by atoms with Crippen molar-refractivity contribution in [3.05, 3.63) is 65.0 Å². The predicted octanol–water partition coefficient (Wildman–Crippen LogP) is 5.76. The van der Waals surface area contributed by atoms with E-state index in [1.807, 2.05) is 13.8 Å². The molecule has 4 heteroatoms. The highest BCUT2D eigenvalue weighted by Gasteiger charge is 2.21. The Morgan fingerprint density at radius 1 is 1.19 bits per heavy atom. The van der Waals surface area contributed by atoms with Crippen LogP contribution < -0.4 is 10.1 Å². The maximum absolute atomic E-state index is 13.2. The molecular formula is C23H30N2O2. The molecule has 0 spiro atoms. The Kier molecular flexibility index (Phi) is 6.78. The summed E-state index contributed by atoms with van der Waals surface area (Å²) in [6.07, 6.45) is 1.66. The minimum absolute atomic E-state index is 0.200. The van der Waals surface area contributed by atoms with Crippen LogP contribution in [0.1, 0.15) is 72.4 Å². The van der Waals surface area contributed by atoms with Gasteiger partial charge in [0, 0.05) is 17.4 Å². The molecule has 0 bridgehead atoms. The molecule has 144 valence electrons. The number of carbonyl (C=O) groups excluding carboxylic acids is 1. The number of amides is 1. The Morgan fingerprint density at radius 3 is 2.30 bits per heavy atom. The third-order valence-corrected chi connectivity index (χ3v) is 4.49. The number of pyridine rings is 1. The zero-order valence-electron chi connectivity index (χ0n) is 17.2. The SMILES string of the molecule is C=CCOc1cc(C)nc(C)c1C(=O)Nc1c(C(C)C)cccc1C(C)C. The molecule has 1 amide bonds. The second-order valence-electron chi connectivity index (χ2n) is 7.40. The van der Waals surface area contributed by atoms with Crippen molar-refractivity contribution in [2.24, 2.45) is 0 Å². The minimum atomic E-state index is -0.200. The smallest absolute Gasteiger partial charge is 0.261 e. The van der Waals surface area contributed by atoms with Gasteiger partial charge in [-0.1, -0.05) is 58.5 Å². The van der Waals surface area contributed by atoms with Gasteiger partial charge in [-0.2, -0.15) is 0 Å². The Morgan fingerprint density at radius 2 is 1.78 bits per heavy atom. The molecule has 0 atom stereocenters. The van der Waals surface area contributed by atoms with Crippen LogP contribution >= 0.6 is 0 Å². The molecule has 0 aliphatic rings. The maximum atomic E-state index is 13.2. The Bertz CT molecular complexity index is 812. The van der Waals surface area contributed by atoms with Crippen molar-refractivity contribution in [2.75, 3.05) is 11.9 Å². The summed E-state index contributed by atoms with van der Waals surface area (Å²) in [5.74, 6) is 0.931. The first-order chi connectivity index (χ1) is 12.8. The van der Waals surface area contributed by atoms with Gasteiger partial charge in [-0.25, -0.2) is 0 Å². The number of hydrogen-bond donors (Lipinski definition) is 1. The molecule has 0 fully saturated rings. The molecule has 1 heterocycles. The third-order valence-electron chi connectivity index (χ3n) is 4.49. The lowest BCUT2D eigenvalue weighted by Crippen LogP contribution is -2.19. The lowest BCUT2D eigenvalue weighted by atomic mass is 9.92. The normalized spacial score (nSPS) is 11.0. The summed E-state index contributed by atoms with van der Waals surface area (Å²) in [6, 6.07) is 7.99. The van der Waals surface area contributed by atoms with Crippen molar-refractivity contribution in [3.8, 4) is 5.75 Å². The molecule has 1 aromatic carbocycles. The summed E-state index contributed by atoms with van der Waals surface area (Å²) in [7, 11) is 0. The van der Waals surface area contributed by atoms with Crippen LogP contribution in [0.25, 0.3) is 0 Å². The standard InChI is InChI=1S/C23H30N2O2/c1-8-12-27-20-13-16(6)24-17(7)21(20)23(26)25-22-18(14(2)3)10-9-11-19(22)15(4)5/h8-11,13-15H,1,12H2,2-7H3,(H,25,26). The van der Waals surface area contributed by atoms with Crippen LogP contribution in [0.5, 0.6) is 5.75 Å². The number of para-hydroxylation sites is 1. The van der Waals surface area contributed by atoms with E-state index in [1.54, 1.807) is 12.1 Å². The van der Waals surface area contributed by atoms with Crippen LogP contribution in [0.2, 0.25) is 0 Å². The Labute approximate surface area is 162 Å². The van der Waals surface area contributed by atoms with Gasteiger partial charge in [0.1, 0.15) is 17.9 Å². The summed E-state index contributed by atoms with van der Waals surface area (Å²) in [6.45, 7) is 16.3. The van der Waals surface area contributed by atoms with E-state index in [0.717, 1.165) is 22.5 Å². The van der Waals surface area contributed by atoms with Gasteiger partial charge >= 0.3 is 0 Å². The number of nitrogens with zero attached hydrogens (tertiary/aromatic N) is 1. The molecule has 2 aromatic rings. The minimum Gasteiger partial charge on any atom is -0.489 e. The zero-order valence-corrected chi connectivity index (χ0v) is 17.2.